The van der Waals surface area contributed by atoms with Crippen molar-refractivity contribution in [2.24, 2.45) is 5.92 Å². The highest BCUT2D eigenvalue weighted by Gasteiger charge is 2.34. The molecule has 3 unspecified atom stereocenters. The van der Waals surface area contributed by atoms with Gasteiger partial charge >= 0.3 is 7.48 Å². The van der Waals surface area contributed by atoms with E-state index in [-0.39, 0.29) is 18.8 Å². The van der Waals surface area contributed by atoms with Crippen LogP contribution in [0.25, 0.3) is 0 Å². The van der Waals surface area contributed by atoms with Crippen LogP contribution in [0.15, 0.2) is 0 Å². The van der Waals surface area contributed by atoms with Crippen molar-refractivity contribution in [2.45, 2.75) is 72.0 Å². The molecule has 0 aliphatic carbocycles. The Labute approximate surface area is 106 Å². The first-order chi connectivity index (χ1) is 7.73. The molecule has 0 aromatic rings. The number of hydrogen-bond acceptors (Lipinski definition) is 3. The Morgan fingerprint density at radius 2 is 1.82 bits per heavy atom. The second-order valence-electron chi connectivity index (χ2n) is 5.31. The van der Waals surface area contributed by atoms with Gasteiger partial charge in [0, 0.05) is 0 Å². The summed E-state index contributed by atoms with van der Waals surface area (Å²) in [5.74, 6) is 0.395. The lowest BCUT2D eigenvalue weighted by molar-refractivity contribution is -0.129. The molecule has 100 valence electrons. The molecule has 0 aromatic heterocycles. The summed E-state index contributed by atoms with van der Waals surface area (Å²) in [5, 5.41) is 9.83. The number of aliphatic hydroxyl groups is 1. The highest BCUT2D eigenvalue weighted by molar-refractivity contribution is 6.70. The second kappa shape index (κ2) is 6.55. The van der Waals surface area contributed by atoms with Gasteiger partial charge in [-0.15, -0.1) is 0 Å². The van der Waals surface area contributed by atoms with E-state index >= 15 is 0 Å². The van der Waals surface area contributed by atoms with E-state index in [1.807, 2.05) is 6.92 Å². The molecule has 0 aliphatic heterocycles. The van der Waals surface area contributed by atoms with Crippen molar-refractivity contribution in [1.82, 2.24) is 0 Å². The molecule has 0 saturated carbocycles. The second-order valence-corrected chi connectivity index (χ2v) is 5.31. The van der Waals surface area contributed by atoms with Crippen LogP contribution in [0.4, 0.5) is 0 Å². The lowest BCUT2D eigenvalue weighted by atomic mass is 9.76. The van der Waals surface area contributed by atoms with Crippen LogP contribution >= 0.6 is 0 Å². The van der Waals surface area contributed by atoms with Crippen LogP contribution in [0.1, 0.15) is 60.8 Å². The van der Waals surface area contributed by atoms with E-state index in [4.69, 9.17) is 4.65 Å². The predicted molar refractivity (Wildman–Crippen MR) is 72.3 cm³/mol. The summed E-state index contributed by atoms with van der Waals surface area (Å²) in [4.78, 5) is 11.8. The Morgan fingerprint density at radius 3 is 2.18 bits per heavy atom. The Morgan fingerprint density at radius 1 is 1.29 bits per heavy atom. The highest BCUT2D eigenvalue weighted by Crippen LogP contribution is 2.27. The van der Waals surface area contributed by atoms with Crippen LogP contribution in [0.2, 0.25) is 0 Å². The molecule has 3 nitrogen and oxygen atoms in total. The number of hydrogen-bond donors (Lipinski definition) is 1. The Bertz CT molecular complexity index is 253. The molecule has 0 aliphatic rings. The van der Waals surface area contributed by atoms with Crippen molar-refractivity contribution < 1.29 is 14.6 Å². The third kappa shape index (κ3) is 4.43. The van der Waals surface area contributed by atoms with E-state index in [9.17, 15) is 9.90 Å². The van der Waals surface area contributed by atoms with Crippen LogP contribution < -0.4 is 0 Å². The average molecular weight is 242 g/mol. The predicted octanol–water partition coefficient (Wildman–Crippen LogP) is 2.26. The molecule has 0 radical (unpaired) electrons. The Balaban J connectivity index is 4.49. The molecule has 0 heterocycles. The minimum atomic E-state index is -1.26. The molecular formula is C13H27BO3. The van der Waals surface area contributed by atoms with Crippen molar-refractivity contribution in [3.63, 3.8) is 0 Å². The Kier molecular flexibility index (Phi) is 6.42. The SMILES string of the molecule is CCC(C)C(C)(CC)OBC(=O)C(C)(O)CC. The lowest BCUT2D eigenvalue weighted by Gasteiger charge is -2.35. The van der Waals surface area contributed by atoms with Gasteiger partial charge in [-0.1, -0.05) is 34.1 Å². The van der Waals surface area contributed by atoms with E-state index in [1.54, 1.807) is 13.8 Å². The standard InChI is InChI=1S/C13H27BO3/c1-7-10(4)13(6,9-3)17-14-11(15)12(5,16)8-2/h10,14,16H,7-9H2,1-6H3. The van der Waals surface area contributed by atoms with Gasteiger partial charge in [0.1, 0.15) is 5.60 Å². The summed E-state index contributed by atoms with van der Waals surface area (Å²) in [6, 6.07) is 0. The van der Waals surface area contributed by atoms with Gasteiger partial charge in [0.25, 0.3) is 0 Å². The van der Waals surface area contributed by atoms with Crippen molar-refractivity contribution in [2.75, 3.05) is 0 Å². The minimum Gasteiger partial charge on any atom is -0.426 e. The zero-order valence-corrected chi connectivity index (χ0v) is 12.2. The zero-order chi connectivity index (χ0) is 13.7. The lowest BCUT2D eigenvalue weighted by Crippen LogP contribution is -2.44. The molecule has 0 aromatic carbocycles. The summed E-state index contributed by atoms with van der Waals surface area (Å²) in [5.41, 5.74) is -1.78. The number of rotatable bonds is 8. The average Bonchev–Trinajstić information content (AvgIpc) is 2.34. The molecule has 3 atom stereocenters. The van der Waals surface area contributed by atoms with Crippen molar-refractivity contribution in [1.29, 1.82) is 0 Å². The highest BCUT2D eigenvalue weighted by atomic mass is 16.5. The van der Waals surface area contributed by atoms with Crippen LogP contribution in [0.5, 0.6) is 0 Å². The molecule has 1 N–H and O–H groups in total. The van der Waals surface area contributed by atoms with E-state index in [1.165, 1.54) is 0 Å². The summed E-state index contributed by atoms with van der Waals surface area (Å²) in [6.07, 6.45) is 2.30. The first-order valence-corrected chi connectivity index (χ1v) is 6.63. The zero-order valence-electron chi connectivity index (χ0n) is 12.2. The topological polar surface area (TPSA) is 46.5 Å². The smallest absolute Gasteiger partial charge is 0.355 e. The van der Waals surface area contributed by atoms with Crippen LogP contribution in [-0.4, -0.2) is 29.5 Å². The van der Waals surface area contributed by atoms with E-state index in [2.05, 4.69) is 20.8 Å². The van der Waals surface area contributed by atoms with Crippen LogP contribution in [0, 0.1) is 5.92 Å². The third-order valence-electron chi connectivity index (χ3n) is 4.18. The quantitative estimate of drug-likeness (QED) is 0.664. The van der Waals surface area contributed by atoms with E-state index in [0.717, 1.165) is 12.8 Å². The van der Waals surface area contributed by atoms with Gasteiger partial charge in [-0.3, -0.25) is 0 Å². The van der Waals surface area contributed by atoms with Gasteiger partial charge in [-0.05, 0) is 32.6 Å². The number of carbonyl (C=O) groups excluding carboxylic acids is 1. The fourth-order valence-electron chi connectivity index (χ4n) is 1.61. The van der Waals surface area contributed by atoms with Gasteiger partial charge in [-0.2, -0.15) is 0 Å². The molecule has 4 heteroatoms. The fourth-order valence-corrected chi connectivity index (χ4v) is 1.61. The third-order valence-corrected chi connectivity index (χ3v) is 4.18. The first kappa shape index (κ1) is 16.7. The van der Waals surface area contributed by atoms with Gasteiger partial charge in [-0.25, -0.2) is 0 Å². The molecule has 0 fully saturated rings. The van der Waals surface area contributed by atoms with E-state index in [0.29, 0.717) is 12.3 Å². The van der Waals surface area contributed by atoms with Crippen LogP contribution in [-0.2, 0) is 9.45 Å². The summed E-state index contributed by atoms with van der Waals surface area (Å²) < 4.78 is 5.77. The van der Waals surface area contributed by atoms with Crippen molar-refractivity contribution >= 4 is 13.2 Å². The first-order valence-electron chi connectivity index (χ1n) is 6.63. The van der Waals surface area contributed by atoms with Gasteiger partial charge < -0.3 is 14.6 Å². The van der Waals surface area contributed by atoms with Gasteiger partial charge in [0.2, 0.25) is 0 Å². The molecule has 17 heavy (non-hydrogen) atoms. The molecule has 0 spiro atoms. The van der Waals surface area contributed by atoms with E-state index < -0.39 is 5.60 Å². The van der Waals surface area contributed by atoms with Crippen molar-refractivity contribution in [3.05, 3.63) is 0 Å². The largest absolute Gasteiger partial charge is 0.426 e. The van der Waals surface area contributed by atoms with Gasteiger partial charge in [0.15, 0.2) is 5.68 Å². The number of carbonyl (C=O) groups is 1. The molecule has 0 amide bonds. The molecule has 0 bridgehead atoms. The molecule has 0 rings (SSSR count). The normalized spacial score (nSPS) is 20.2. The maximum Gasteiger partial charge on any atom is 0.355 e. The Hall–Kier alpha value is -0.345. The maximum absolute atomic E-state index is 11.8. The molecular weight excluding hydrogens is 215 g/mol. The summed E-state index contributed by atoms with van der Waals surface area (Å²) in [6.45, 7) is 11.7. The summed E-state index contributed by atoms with van der Waals surface area (Å²) in [7, 11) is -0.00444. The fraction of sp³-hybridized carbons (Fsp3) is 0.923. The monoisotopic (exact) mass is 242 g/mol. The van der Waals surface area contributed by atoms with Gasteiger partial charge in [0.05, 0.1) is 5.60 Å². The minimum absolute atomic E-state index is 0.00444. The van der Waals surface area contributed by atoms with Crippen molar-refractivity contribution in [3.8, 4) is 0 Å². The maximum atomic E-state index is 11.8. The summed E-state index contributed by atoms with van der Waals surface area (Å²) >= 11 is 0. The van der Waals surface area contributed by atoms with Crippen LogP contribution in [0.3, 0.4) is 0 Å². The molecule has 0 saturated heterocycles.